The molecule has 1 aliphatic heterocycles. The van der Waals surface area contributed by atoms with Gasteiger partial charge in [0.05, 0.1) is 36.6 Å². The molecule has 0 unspecified atom stereocenters. The van der Waals surface area contributed by atoms with Crippen molar-refractivity contribution in [1.82, 2.24) is 29.0 Å². The van der Waals surface area contributed by atoms with Crippen LogP contribution >= 0.6 is 0 Å². The minimum Gasteiger partial charge on any atom is -0.395 e. The number of halogens is 3. The molecule has 1 saturated heterocycles. The van der Waals surface area contributed by atoms with Gasteiger partial charge in [-0.25, -0.2) is 4.79 Å². The van der Waals surface area contributed by atoms with Gasteiger partial charge in [-0.15, -0.1) is 10.2 Å². The first kappa shape index (κ1) is 24.2. The van der Waals surface area contributed by atoms with E-state index >= 15 is 0 Å². The highest BCUT2D eigenvalue weighted by Crippen LogP contribution is 2.37. The molecule has 0 spiro atoms. The van der Waals surface area contributed by atoms with Crippen molar-refractivity contribution in [1.29, 1.82) is 0 Å². The van der Waals surface area contributed by atoms with E-state index in [9.17, 15) is 18.0 Å². The number of fused-ring (bicyclic) bond motifs is 1. The quantitative estimate of drug-likeness (QED) is 0.357. The highest BCUT2D eigenvalue weighted by atomic mass is 19.4. The van der Waals surface area contributed by atoms with Crippen LogP contribution in [0, 0.1) is 0 Å². The van der Waals surface area contributed by atoms with Gasteiger partial charge in [-0.1, -0.05) is 12.1 Å². The minimum atomic E-state index is -4.65. The summed E-state index contributed by atoms with van der Waals surface area (Å²) in [5, 5.41) is 19.9. The van der Waals surface area contributed by atoms with Crippen LogP contribution in [0.4, 0.5) is 13.2 Å². The number of hydrogen-bond acceptors (Lipinski definition) is 6. The van der Waals surface area contributed by atoms with Gasteiger partial charge in [0.1, 0.15) is 12.2 Å². The zero-order valence-corrected chi connectivity index (χ0v) is 19.5. The van der Waals surface area contributed by atoms with Crippen molar-refractivity contribution >= 4 is 5.52 Å². The molecule has 0 aliphatic carbocycles. The maximum atomic E-state index is 13.9. The Morgan fingerprint density at radius 1 is 1.22 bits per heavy atom. The van der Waals surface area contributed by atoms with Crippen molar-refractivity contribution in [2.75, 3.05) is 26.4 Å². The molecule has 4 heterocycles. The van der Waals surface area contributed by atoms with Crippen molar-refractivity contribution in [2.45, 2.75) is 24.6 Å². The first-order valence-electron chi connectivity index (χ1n) is 11.4. The van der Waals surface area contributed by atoms with Gasteiger partial charge < -0.3 is 19.7 Å². The second-order valence-corrected chi connectivity index (χ2v) is 9.06. The summed E-state index contributed by atoms with van der Waals surface area (Å²) in [5.41, 5.74) is -0.467. The SMILES string of the molecule is Cn1cnnc1CC1(c2cccc(-n3cc4c(C(F)(F)F)cc(CNCCO)cn4c3=O)c2)COC1. The zero-order chi connectivity index (χ0) is 25.5. The van der Waals surface area contributed by atoms with Gasteiger partial charge in [0, 0.05) is 44.4 Å². The summed E-state index contributed by atoms with van der Waals surface area (Å²) in [5.74, 6) is 0.785. The summed E-state index contributed by atoms with van der Waals surface area (Å²) < 4.78 is 51.3. The van der Waals surface area contributed by atoms with Crippen molar-refractivity contribution in [2.24, 2.45) is 7.05 Å². The van der Waals surface area contributed by atoms with Gasteiger partial charge in [0.25, 0.3) is 0 Å². The number of aromatic nitrogens is 5. The smallest absolute Gasteiger partial charge is 0.395 e. The monoisotopic (exact) mass is 502 g/mol. The number of hydrogen-bond donors (Lipinski definition) is 2. The number of pyridine rings is 1. The third-order valence-electron chi connectivity index (χ3n) is 6.54. The van der Waals surface area contributed by atoms with Crippen molar-refractivity contribution in [3.63, 3.8) is 0 Å². The zero-order valence-electron chi connectivity index (χ0n) is 19.5. The Morgan fingerprint density at radius 3 is 2.67 bits per heavy atom. The van der Waals surface area contributed by atoms with E-state index in [4.69, 9.17) is 9.84 Å². The normalized spacial score (nSPS) is 15.4. The number of rotatable bonds is 8. The summed E-state index contributed by atoms with van der Waals surface area (Å²) in [6.45, 7) is 1.07. The van der Waals surface area contributed by atoms with Crippen molar-refractivity contribution < 1.29 is 23.0 Å². The molecule has 0 radical (unpaired) electrons. The van der Waals surface area contributed by atoms with Gasteiger partial charge in [0.2, 0.25) is 0 Å². The molecule has 1 aliphatic rings. The van der Waals surface area contributed by atoms with Crippen LogP contribution in [0.15, 0.2) is 53.8 Å². The fourth-order valence-corrected chi connectivity index (χ4v) is 4.54. The van der Waals surface area contributed by atoms with Gasteiger partial charge in [-0.2, -0.15) is 13.2 Å². The highest BCUT2D eigenvalue weighted by Gasteiger charge is 2.42. The number of aliphatic hydroxyl groups is 1. The third-order valence-corrected chi connectivity index (χ3v) is 6.54. The Morgan fingerprint density at radius 2 is 2.03 bits per heavy atom. The molecule has 3 aromatic heterocycles. The lowest BCUT2D eigenvalue weighted by molar-refractivity contribution is -0.136. The Labute approximate surface area is 203 Å². The first-order chi connectivity index (χ1) is 17.2. The molecule has 12 heteroatoms. The average Bonchev–Trinajstić information content (AvgIpc) is 3.38. The minimum absolute atomic E-state index is 0.0806. The maximum Gasteiger partial charge on any atom is 0.418 e. The molecule has 0 atom stereocenters. The van der Waals surface area contributed by atoms with E-state index in [1.165, 1.54) is 17.0 Å². The average molecular weight is 502 g/mol. The largest absolute Gasteiger partial charge is 0.418 e. The van der Waals surface area contributed by atoms with E-state index in [0.717, 1.165) is 21.9 Å². The molecule has 1 fully saturated rings. The van der Waals surface area contributed by atoms with Crippen LogP contribution in [-0.4, -0.2) is 55.2 Å². The second-order valence-electron chi connectivity index (χ2n) is 9.06. The Kier molecular flexibility index (Phi) is 6.18. The third kappa shape index (κ3) is 4.31. The highest BCUT2D eigenvalue weighted by molar-refractivity contribution is 5.58. The molecule has 5 rings (SSSR count). The number of imidazole rings is 1. The van der Waals surface area contributed by atoms with E-state index in [0.29, 0.717) is 25.3 Å². The Hall–Kier alpha value is -3.48. The summed E-state index contributed by atoms with van der Waals surface area (Å²) in [6.07, 6.45) is 0.163. The van der Waals surface area contributed by atoms with Gasteiger partial charge in [0.15, 0.2) is 0 Å². The molecule has 0 bridgehead atoms. The fourth-order valence-electron chi connectivity index (χ4n) is 4.54. The number of aryl methyl sites for hydroxylation is 1. The van der Waals surface area contributed by atoms with Crippen LogP contribution in [0.2, 0.25) is 0 Å². The topological polar surface area (TPSA) is 98.6 Å². The number of benzene rings is 1. The van der Waals surface area contributed by atoms with E-state index in [1.54, 1.807) is 18.5 Å². The predicted molar refractivity (Wildman–Crippen MR) is 124 cm³/mol. The van der Waals surface area contributed by atoms with Crippen LogP contribution in [0.1, 0.15) is 22.5 Å². The number of nitrogens with one attached hydrogen (secondary N) is 1. The lowest BCUT2D eigenvalue weighted by atomic mass is 9.75. The summed E-state index contributed by atoms with van der Waals surface area (Å²) in [4.78, 5) is 13.3. The van der Waals surface area contributed by atoms with Crippen molar-refractivity contribution in [3.05, 3.63) is 82.1 Å². The maximum absolute atomic E-state index is 13.9. The Bertz CT molecular complexity index is 1450. The fraction of sp³-hybridized carbons (Fsp3) is 0.375. The predicted octanol–water partition coefficient (Wildman–Crippen LogP) is 1.83. The molecule has 0 amide bonds. The lowest BCUT2D eigenvalue weighted by Crippen LogP contribution is -2.49. The van der Waals surface area contributed by atoms with Crippen LogP contribution in [0.3, 0.4) is 0 Å². The molecule has 4 aromatic rings. The van der Waals surface area contributed by atoms with Gasteiger partial charge in [-0.3, -0.25) is 8.97 Å². The number of aliphatic hydroxyl groups excluding tert-OH is 1. The van der Waals surface area contributed by atoms with E-state index < -0.39 is 17.4 Å². The van der Waals surface area contributed by atoms with Crippen LogP contribution in [-0.2, 0) is 36.3 Å². The first-order valence-corrected chi connectivity index (χ1v) is 11.4. The molecule has 9 nitrogen and oxygen atoms in total. The second kappa shape index (κ2) is 9.19. The molecule has 190 valence electrons. The summed E-state index contributed by atoms with van der Waals surface area (Å²) in [7, 11) is 1.86. The number of ether oxygens (including phenoxy) is 1. The van der Waals surface area contributed by atoms with Gasteiger partial charge in [-0.05, 0) is 29.3 Å². The van der Waals surface area contributed by atoms with E-state index in [-0.39, 0.29) is 36.2 Å². The molecule has 36 heavy (non-hydrogen) atoms. The van der Waals surface area contributed by atoms with E-state index in [1.807, 2.05) is 23.7 Å². The molecule has 1 aromatic carbocycles. The number of nitrogens with zero attached hydrogens (tertiary/aromatic N) is 5. The van der Waals surface area contributed by atoms with Crippen LogP contribution in [0.25, 0.3) is 11.2 Å². The van der Waals surface area contributed by atoms with E-state index in [2.05, 4.69) is 15.5 Å². The lowest BCUT2D eigenvalue weighted by Gasteiger charge is -2.41. The standard InChI is InChI=1S/C24H25F3N6O3/c1-31-15-29-30-21(31)9-23(13-36-14-23)17-3-2-4-18(8-17)32-12-20-19(24(25,26)27)7-16(10-28-5-6-34)11-33(20)22(32)35/h2-4,7-8,11-12,15,28,34H,5-6,9-10,13-14H2,1H3. The molecule has 0 saturated carbocycles. The van der Waals surface area contributed by atoms with Crippen molar-refractivity contribution in [3.8, 4) is 5.69 Å². The van der Waals surface area contributed by atoms with Gasteiger partial charge >= 0.3 is 11.9 Å². The molecular weight excluding hydrogens is 477 g/mol. The summed E-state index contributed by atoms with van der Waals surface area (Å²) >= 11 is 0. The Balaban J connectivity index is 1.57. The van der Waals surface area contributed by atoms with Crippen LogP contribution < -0.4 is 11.0 Å². The van der Waals surface area contributed by atoms with Crippen LogP contribution in [0.5, 0.6) is 0 Å². The summed E-state index contributed by atoms with van der Waals surface area (Å²) in [6, 6.07) is 8.25. The number of alkyl halides is 3. The molecular formula is C24H25F3N6O3. The molecule has 2 N–H and O–H groups in total.